The summed E-state index contributed by atoms with van der Waals surface area (Å²) >= 11 is 18.2. The predicted octanol–water partition coefficient (Wildman–Crippen LogP) is 3.09. The van der Waals surface area contributed by atoms with Crippen molar-refractivity contribution in [2.75, 3.05) is 0 Å². The van der Waals surface area contributed by atoms with Gasteiger partial charge in [0.1, 0.15) is 12.3 Å². The average Bonchev–Trinajstić information content (AvgIpc) is 3.08. The standard InChI is InChI=1S/C14H10Cl3N5O2/c15-11-1-2-12(16)13(17)10(11)7-24-9-4-18-14(19-5-9)22-20-3-8(6-23)21-22/h1-5,23H,6-7H2. The van der Waals surface area contributed by atoms with Gasteiger partial charge in [0.25, 0.3) is 5.95 Å². The number of ether oxygens (including phenoxy) is 1. The summed E-state index contributed by atoms with van der Waals surface area (Å²) in [5.41, 5.74) is 1.00. The van der Waals surface area contributed by atoms with Crippen molar-refractivity contribution in [2.45, 2.75) is 13.2 Å². The summed E-state index contributed by atoms with van der Waals surface area (Å²) in [6.45, 7) is -0.0854. The van der Waals surface area contributed by atoms with Crippen LogP contribution in [0.2, 0.25) is 15.1 Å². The first-order valence-electron chi connectivity index (χ1n) is 6.68. The summed E-state index contributed by atoms with van der Waals surface area (Å²) in [7, 11) is 0. The van der Waals surface area contributed by atoms with Gasteiger partial charge in [0.15, 0.2) is 5.75 Å². The van der Waals surface area contributed by atoms with E-state index in [1.807, 2.05) is 0 Å². The van der Waals surface area contributed by atoms with Crippen LogP contribution in [-0.4, -0.2) is 30.1 Å². The molecule has 0 amide bonds. The summed E-state index contributed by atoms with van der Waals surface area (Å²) in [6.07, 6.45) is 4.37. The van der Waals surface area contributed by atoms with Crippen molar-refractivity contribution in [2.24, 2.45) is 0 Å². The number of hydrogen-bond acceptors (Lipinski definition) is 6. The van der Waals surface area contributed by atoms with Gasteiger partial charge in [-0.1, -0.05) is 34.8 Å². The minimum Gasteiger partial charge on any atom is -0.486 e. The Labute approximate surface area is 151 Å². The van der Waals surface area contributed by atoms with Crippen LogP contribution in [0.25, 0.3) is 5.95 Å². The van der Waals surface area contributed by atoms with E-state index in [1.165, 1.54) is 23.4 Å². The maximum atomic E-state index is 8.98. The van der Waals surface area contributed by atoms with Gasteiger partial charge < -0.3 is 9.84 Å². The molecule has 0 aliphatic carbocycles. The highest BCUT2D eigenvalue weighted by Gasteiger charge is 2.11. The number of aliphatic hydroxyl groups excluding tert-OH is 1. The van der Waals surface area contributed by atoms with Crippen molar-refractivity contribution in [3.05, 3.63) is 57.0 Å². The SMILES string of the molecule is OCc1cnn(-c2ncc(OCc3c(Cl)ccc(Cl)c3Cl)cn2)n1. The molecule has 0 atom stereocenters. The largest absolute Gasteiger partial charge is 0.486 e. The van der Waals surface area contributed by atoms with Crippen molar-refractivity contribution in [1.82, 2.24) is 25.0 Å². The van der Waals surface area contributed by atoms with Crippen molar-refractivity contribution in [1.29, 1.82) is 0 Å². The van der Waals surface area contributed by atoms with E-state index in [2.05, 4.69) is 20.2 Å². The topological polar surface area (TPSA) is 86.0 Å². The molecule has 7 nitrogen and oxygen atoms in total. The van der Waals surface area contributed by atoms with Crippen LogP contribution in [0, 0.1) is 0 Å². The van der Waals surface area contributed by atoms with Gasteiger partial charge in [-0.3, -0.25) is 0 Å². The first kappa shape index (κ1) is 16.9. The van der Waals surface area contributed by atoms with Gasteiger partial charge in [0, 0.05) is 10.6 Å². The summed E-state index contributed by atoms with van der Waals surface area (Å²) in [5, 5.41) is 18.1. The van der Waals surface area contributed by atoms with E-state index in [4.69, 9.17) is 44.6 Å². The lowest BCUT2D eigenvalue weighted by Gasteiger charge is -2.10. The Hall–Kier alpha value is -1.93. The third-order valence-corrected chi connectivity index (χ3v) is 4.21. The minimum absolute atomic E-state index is 0.121. The van der Waals surface area contributed by atoms with Gasteiger partial charge in [-0.05, 0) is 12.1 Å². The van der Waals surface area contributed by atoms with Gasteiger partial charge in [-0.15, -0.1) is 9.90 Å². The van der Waals surface area contributed by atoms with Gasteiger partial charge in [-0.25, -0.2) is 9.97 Å². The molecule has 0 radical (unpaired) electrons. The molecule has 1 aromatic carbocycles. The number of aromatic nitrogens is 5. The lowest BCUT2D eigenvalue weighted by Crippen LogP contribution is -2.06. The summed E-state index contributed by atoms with van der Waals surface area (Å²) in [6, 6.07) is 3.27. The quantitative estimate of drug-likeness (QED) is 0.678. The third-order valence-electron chi connectivity index (χ3n) is 3.02. The van der Waals surface area contributed by atoms with Gasteiger partial charge in [0.05, 0.1) is 35.2 Å². The molecule has 0 saturated heterocycles. The molecule has 124 valence electrons. The monoisotopic (exact) mass is 385 g/mol. The van der Waals surface area contributed by atoms with Crippen molar-refractivity contribution in [3.63, 3.8) is 0 Å². The number of rotatable bonds is 5. The van der Waals surface area contributed by atoms with E-state index in [0.717, 1.165) is 0 Å². The Kier molecular flexibility index (Phi) is 5.15. The molecule has 0 saturated carbocycles. The van der Waals surface area contributed by atoms with Crippen molar-refractivity contribution < 1.29 is 9.84 Å². The zero-order valence-electron chi connectivity index (χ0n) is 12.0. The van der Waals surface area contributed by atoms with Crippen LogP contribution in [0.15, 0.2) is 30.7 Å². The normalized spacial score (nSPS) is 10.8. The van der Waals surface area contributed by atoms with Crippen LogP contribution < -0.4 is 4.74 Å². The maximum Gasteiger partial charge on any atom is 0.268 e. The molecule has 3 rings (SSSR count). The van der Waals surface area contributed by atoms with E-state index in [0.29, 0.717) is 32.1 Å². The third kappa shape index (κ3) is 3.59. The molecule has 0 aliphatic rings. The van der Waals surface area contributed by atoms with Crippen molar-refractivity contribution in [3.8, 4) is 11.7 Å². The lowest BCUT2D eigenvalue weighted by atomic mass is 10.2. The Balaban J connectivity index is 1.72. The number of aliphatic hydroxyl groups is 1. The molecule has 2 aromatic heterocycles. The fourth-order valence-corrected chi connectivity index (χ4v) is 2.46. The molecule has 0 spiro atoms. The predicted molar refractivity (Wildman–Crippen MR) is 88.7 cm³/mol. The summed E-state index contributed by atoms with van der Waals surface area (Å²) < 4.78 is 5.58. The number of benzene rings is 1. The van der Waals surface area contributed by atoms with Crippen LogP contribution in [0.3, 0.4) is 0 Å². The lowest BCUT2D eigenvalue weighted by molar-refractivity contribution is 0.276. The Morgan fingerprint density at radius 1 is 1.04 bits per heavy atom. The molecule has 0 unspecified atom stereocenters. The molecule has 1 N–H and O–H groups in total. The summed E-state index contributed by atoms with van der Waals surface area (Å²) in [4.78, 5) is 9.41. The second kappa shape index (κ2) is 7.31. The van der Waals surface area contributed by atoms with E-state index in [1.54, 1.807) is 12.1 Å². The van der Waals surface area contributed by atoms with Crippen LogP contribution in [0.5, 0.6) is 5.75 Å². The molecule has 0 fully saturated rings. The van der Waals surface area contributed by atoms with Crippen LogP contribution in [-0.2, 0) is 13.2 Å². The molecule has 24 heavy (non-hydrogen) atoms. The minimum atomic E-state index is -0.206. The average molecular weight is 387 g/mol. The van der Waals surface area contributed by atoms with Gasteiger partial charge >= 0.3 is 0 Å². The smallest absolute Gasteiger partial charge is 0.268 e. The van der Waals surface area contributed by atoms with Crippen LogP contribution >= 0.6 is 34.8 Å². The fraction of sp³-hybridized carbons (Fsp3) is 0.143. The Bertz CT molecular complexity index is 854. The molecule has 2 heterocycles. The Morgan fingerprint density at radius 2 is 1.75 bits per heavy atom. The molecule has 0 bridgehead atoms. The first-order chi connectivity index (χ1) is 11.6. The highest BCUT2D eigenvalue weighted by atomic mass is 35.5. The number of halogens is 3. The zero-order valence-corrected chi connectivity index (χ0v) is 14.3. The highest BCUT2D eigenvalue weighted by Crippen LogP contribution is 2.32. The highest BCUT2D eigenvalue weighted by molar-refractivity contribution is 6.44. The molecule has 3 aromatic rings. The second-order valence-electron chi connectivity index (χ2n) is 4.61. The van der Waals surface area contributed by atoms with Crippen LogP contribution in [0.1, 0.15) is 11.3 Å². The molecule has 0 aliphatic heterocycles. The number of hydrogen-bond donors (Lipinski definition) is 1. The summed E-state index contributed by atoms with van der Waals surface area (Å²) in [5.74, 6) is 0.668. The first-order valence-corrected chi connectivity index (χ1v) is 7.81. The maximum absolute atomic E-state index is 8.98. The van der Waals surface area contributed by atoms with Gasteiger partial charge in [-0.2, -0.15) is 5.10 Å². The van der Waals surface area contributed by atoms with E-state index < -0.39 is 0 Å². The van der Waals surface area contributed by atoms with E-state index in [-0.39, 0.29) is 19.2 Å². The number of nitrogens with zero attached hydrogens (tertiary/aromatic N) is 5. The second-order valence-corrected chi connectivity index (χ2v) is 5.81. The van der Waals surface area contributed by atoms with Crippen LogP contribution in [0.4, 0.5) is 0 Å². The molecule has 10 heteroatoms. The molecular formula is C14H10Cl3N5O2. The van der Waals surface area contributed by atoms with E-state index >= 15 is 0 Å². The van der Waals surface area contributed by atoms with Gasteiger partial charge in [0.2, 0.25) is 0 Å². The van der Waals surface area contributed by atoms with Crippen molar-refractivity contribution >= 4 is 34.8 Å². The Morgan fingerprint density at radius 3 is 2.42 bits per heavy atom. The zero-order chi connectivity index (χ0) is 17.1. The molecular weight excluding hydrogens is 377 g/mol. The fourth-order valence-electron chi connectivity index (χ4n) is 1.81. The van der Waals surface area contributed by atoms with E-state index in [9.17, 15) is 0 Å².